The fourth-order valence-corrected chi connectivity index (χ4v) is 5.46. The smallest absolute Gasteiger partial charge is 0.0596 e. The highest BCUT2D eigenvalue weighted by Crippen LogP contribution is 2.44. The molecule has 1 aromatic heterocycles. The van der Waals surface area contributed by atoms with Gasteiger partial charge in [-0.15, -0.1) is 0 Å². The van der Waals surface area contributed by atoms with Gasteiger partial charge in [-0.1, -0.05) is 44.7 Å². The Kier molecular flexibility index (Phi) is 4.92. The van der Waals surface area contributed by atoms with Crippen LogP contribution in [-0.2, 0) is 13.5 Å². The van der Waals surface area contributed by atoms with Crippen molar-refractivity contribution in [1.82, 2.24) is 9.78 Å². The lowest BCUT2D eigenvalue weighted by molar-refractivity contribution is 0.228. The highest BCUT2D eigenvalue weighted by Gasteiger charge is 2.39. The highest BCUT2D eigenvalue weighted by molar-refractivity contribution is 9.09. The van der Waals surface area contributed by atoms with Gasteiger partial charge in [0.05, 0.1) is 5.69 Å². The summed E-state index contributed by atoms with van der Waals surface area (Å²) in [4.78, 5) is 0. The summed E-state index contributed by atoms with van der Waals surface area (Å²) in [5, 5.41) is 6.62. The highest BCUT2D eigenvalue weighted by atomic mass is 79.9. The van der Waals surface area contributed by atoms with E-state index in [0.29, 0.717) is 5.41 Å². The molecular weight excluding hydrogens is 356 g/mol. The van der Waals surface area contributed by atoms with E-state index in [-0.39, 0.29) is 0 Å². The predicted octanol–water partition coefficient (Wildman–Crippen LogP) is 4.24. The van der Waals surface area contributed by atoms with E-state index in [1.54, 1.807) is 0 Å². The summed E-state index contributed by atoms with van der Waals surface area (Å²) in [5.41, 5.74) is 2.83. The Bertz CT molecular complexity index is 390. The second-order valence-corrected chi connectivity index (χ2v) is 6.81. The fourth-order valence-electron chi connectivity index (χ4n) is 3.22. The number of aryl methyl sites for hydroxylation is 2. The Morgan fingerprint density at radius 2 is 1.94 bits per heavy atom. The average Bonchev–Trinajstić information content (AvgIpc) is 2.97. The molecule has 0 amide bonds. The summed E-state index contributed by atoms with van der Waals surface area (Å²) < 4.78 is 2.05. The molecule has 0 saturated heterocycles. The van der Waals surface area contributed by atoms with Crippen LogP contribution in [0.1, 0.15) is 37.1 Å². The number of nitrogens with zero attached hydrogens (tertiary/aromatic N) is 2. The van der Waals surface area contributed by atoms with Crippen LogP contribution < -0.4 is 0 Å². The summed E-state index contributed by atoms with van der Waals surface area (Å²) in [6, 6.07) is 2.23. The van der Waals surface area contributed by atoms with Gasteiger partial charge in [-0.3, -0.25) is 4.68 Å². The van der Waals surface area contributed by atoms with E-state index < -0.39 is 0 Å². The lowest BCUT2D eigenvalue weighted by Gasteiger charge is -2.36. The van der Waals surface area contributed by atoms with Crippen LogP contribution in [0.25, 0.3) is 0 Å². The van der Waals surface area contributed by atoms with Crippen molar-refractivity contribution < 1.29 is 0 Å². The zero-order valence-corrected chi connectivity index (χ0v) is 14.4. The Morgan fingerprint density at radius 1 is 1.33 bits per heavy atom. The fraction of sp³-hybridized carbons (Fsp3) is 0.786. The Labute approximate surface area is 127 Å². The van der Waals surface area contributed by atoms with Gasteiger partial charge in [0.15, 0.2) is 0 Å². The molecule has 0 spiro atoms. The monoisotopic (exact) mass is 376 g/mol. The van der Waals surface area contributed by atoms with Gasteiger partial charge in [0, 0.05) is 23.4 Å². The SMILES string of the molecule is Cc1cc(CC(CBr)(CBr)C2CCCC2)n(C)n1. The minimum atomic E-state index is 0.344. The zero-order valence-electron chi connectivity index (χ0n) is 11.3. The van der Waals surface area contributed by atoms with Crippen molar-refractivity contribution in [2.75, 3.05) is 10.7 Å². The molecule has 0 atom stereocenters. The summed E-state index contributed by atoms with van der Waals surface area (Å²) in [5.74, 6) is 0.839. The molecule has 2 rings (SSSR count). The summed E-state index contributed by atoms with van der Waals surface area (Å²) in [6.45, 7) is 2.07. The Hall–Kier alpha value is 0.170. The topological polar surface area (TPSA) is 17.8 Å². The van der Waals surface area contributed by atoms with Gasteiger partial charge in [-0.25, -0.2) is 0 Å². The van der Waals surface area contributed by atoms with E-state index in [4.69, 9.17) is 0 Å². The van der Waals surface area contributed by atoms with E-state index in [1.165, 1.54) is 31.4 Å². The Morgan fingerprint density at radius 3 is 2.39 bits per heavy atom. The standard InChI is InChI=1S/C14H22Br2N2/c1-11-7-13(18(2)17-11)8-14(9-15,10-16)12-5-3-4-6-12/h7,12H,3-6,8-10H2,1-2H3. The van der Waals surface area contributed by atoms with E-state index in [9.17, 15) is 0 Å². The molecule has 0 aliphatic heterocycles. The molecule has 0 bridgehead atoms. The van der Waals surface area contributed by atoms with Crippen molar-refractivity contribution in [2.45, 2.75) is 39.0 Å². The van der Waals surface area contributed by atoms with Crippen molar-refractivity contribution in [3.63, 3.8) is 0 Å². The van der Waals surface area contributed by atoms with Gasteiger partial charge in [0.1, 0.15) is 0 Å². The number of alkyl halides is 2. The second-order valence-electron chi connectivity index (χ2n) is 5.69. The van der Waals surface area contributed by atoms with E-state index in [0.717, 1.165) is 28.7 Å². The number of aromatic nitrogens is 2. The molecule has 1 saturated carbocycles. The van der Waals surface area contributed by atoms with Crippen LogP contribution in [0.2, 0.25) is 0 Å². The maximum absolute atomic E-state index is 4.48. The molecule has 18 heavy (non-hydrogen) atoms. The van der Waals surface area contributed by atoms with Crippen molar-refractivity contribution in [3.8, 4) is 0 Å². The summed E-state index contributed by atoms with van der Waals surface area (Å²) in [7, 11) is 2.06. The molecule has 4 heteroatoms. The Balaban J connectivity index is 2.22. The second kappa shape index (κ2) is 6.08. The van der Waals surface area contributed by atoms with Gasteiger partial charge in [0.2, 0.25) is 0 Å². The molecule has 0 unspecified atom stereocenters. The summed E-state index contributed by atoms with van der Waals surface area (Å²) >= 11 is 7.54. The van der Waals surface area contributed by atoms with Crippen molar-refractivity contribution in [3.05, 3.63) is 17.5 Å². The van der Waals surface area contributed by atoms with Crippen molar-refractivity contribution in [2.24, 2.45) is 18.4 Å². The van der Waals surface area contributed by atoms with Crippen LogP contribution >= 0.6 is 31.9 Å². The summed E-state index contributed by atoms with van der Waals surface area (Å²) in [6.07, 6.45) is 6.68. The van der Waals surface area contributed by atoms with Crippen molar-refractivity contribution in [1.29, 1.82) is 0 Å². The zero-order chi connectivity index (χ0) is 13.2. The molecule has 1 aromatic rings. The van der Waals surface area contributed by atoms with Crippen LogP contribution in [0.3, 0.4) is 0 Å². The normalized spacial score (nSPS) is 17.6. The van der Waals surface area contributed by atoms with Gasteiger partial charge >= 0.3 is 0 Å². The van der Waals surface area contributed by atoms with E-state index >= 15 is 0 Å². The molecule has 1 aliphatic carbocycles. The first-order valence-corrected chi connectivity index (χ1v) is 8.97. The van der Waals surface area contributed by atoms with Crippen LogP contribution in [0.5, 0.6) is 0 Å². The largest absolute Gasteiger partial charge is 0.272 e. The lowest BCUT2D eigenvalue weighted by atomic mass is 9.74. The van der Waals surface area contributed by atoms with Gasteiger partial charge in [-0.2, -0.15) is 5.10 Å². The average molecular weight is 378 g/mol. The van der Waals surface area contributed by atoms with Gasteiger partial charge in [0.25, 0.3) is 0 Å². The number of hydrogen-bond acceptors (Lipinski definition) is 1. The first kappa shape index (κ1) is 14.6. The van der Waals surface area contributed by atoms with E-state index in [1.807, 2.05) is 4.68 Å². The van der Waals surface area contributed by atoms with Crippen LogP contribution in [0, 0.1) is 18.3 Å². The lowest BCUT2D eigenvalue weighted by Crippen LogP contribution is -2.36. The first-order chi connectivity index (χ1) is 8.61. The number of halogens is 2. The molecule has 0 radical (unpaired) electrons. The van der Waals surface area contributed by atoms with Crippen LogP contribution in [-0.4, -0.2) is 20.4 Å². The third kappa shape index (κ3) is 2.84. The predicted molar refractivity (Wildman–Crippen MR) is 83.6 cm³/mol. The molecule has 1 heterocycles. The molecule has 1 aliphatic rings. The molecule has 1 fully saturated rings. The molecule has 2 nitrogen and oxygen atoms in total. The number of rotatable bonds is 5. The molecule has 102 valence electrons. The van der Waals surface area contributed by atoms with E-state index in [2.05, 4.69) is 57.0 Å². The first-order valence-electron chi connectivity index (χ1n) is 6.73. The maximum atomic E-state index is 4.48. The number of hydrogen-bond donors (Lipinski definition) is 0. The van der Waals surface area contributed by atoms with Crippen LogP contribution in [0.4, 0.5) is 0 Å². The molecular formula is C14H22Br2N2. The maximum Gasteiger partial charge on any atom is 0.0596 e. The van der Waals surface area contributed by atoms with Crippen molar-refractivity contribution >= 4 is 31.9 Å². The quantitative estimate of drug-likeness (QED) is 0.701. The van der Waals surface area contributed by atoms with Gasteiger partial charge < -0.3 is 0 Å². The minimum Gasteiger partial charge on any atom is -0.272 e. The third-order valence-electron chi connectivity index (χ3n) is 4.39. The van der Waals surface area contributed by atoms with Gasteiger partial charge in [-0.05, 0) is 43.6 Å². The molecule has 0 N–H and O–H groups in total. The molecule has 0 aromatic carbocycles. The van der Waals surface area contributed by atoms with Crippen LogP contribution in [0.15, 0.2) is 6.07 Å². The third-order valence-corrected chi connectivity index (χ3v) is 6.62. The minimum absolute atomic E-state index is 0.344.